The van der Waals surface area contributed by atoms with Gasteiger partial charge < -0.3 is 0 Å². The van der Waals surface area contributed by atoms with Crippen molar-refractivity contribution in [2.75, 3.05) is 6.54 Å². The second kappa shape index (κ2) is 9.16. The summed E-state index contributed by atoms with van der Waals surface area (Å²) in [6.45, 7) is -0.276. The van der Waals surface area contributed by atoms with E-state index in [1.807, 2.05) is 30.3 Å². The summed E-state index contributed by atoms with van der Waals surface area (Å²) in [6, 6.07) is 20.6. The lowest BCUT2D eigenvalue weighted by atomic mass is 10.2. The highest BCUT2D eigenvalue weighted by Crippen LogP contribution is 2.18. The third-order valence-electron chi connectivity index (χ3n) is 3.96. The Morgan fingerprint density at radius 2 is 1.54 bits per heavy atom. The van der Waals surface area contributed by atoms with Gasteiger partial charge in [0.25, 0.3) is 5.91 Å². The monoisotopic (exact) mass is 393 g/mol. The van der Waals surface area contributed by atoms with Gasteiger partial charge in [-0.05, 0) is 35.4 Å². The van der Waals surface area contributed by atoms with E-state index in [9.17, 15) is 13.2 Å². The number of carbonyl (C=O) groups excluding carboxylic acids is 1. The fourth-order valence-electron chi connectivity index (χ4n) is 2.54. The van der Waals surface area contributed by atoms with Crippen LogP contribution in [0.5, 0.6) is 0 Å². The van der Waals surface area contributed by atoms with E-state index in [-0.39, 0.29) is 18.0 Å². The van der Waals surface area contributed by atoms with Crippen molar-refractivity contribution in [3.05, 3.63) is 96.3 Å². The molecular weight excluding hydrogens is 374 g/mol. The van der Waals surface area contributed by atoms with Gasteiger partial charge in [0.2, 0.25) is 10.0 Å². The average Bonchev–Trinajstić information content (AvgIpc) is 2.74. The number of rotatable bonds is 7. The van der Waals surface area contributed by atoms with Gasteiger partial charge in [0.15, 0.2) is 0 Å². The number of amides is 1. The summed E-state index contributed by atoms with van der Waals surface area (Å²) in [6.07, 6.45) is 4.58. The van der Waals surface area contributed by atoms with E-state index in [1.54, 1.807) is 42.7 Å². The number of sulfonamides is 1. The SMILES string of the molecule is O=C(CN(Cc1ccccc1)S(=O)(=O)c1ccccc1)N=Cc1ccncc1. The lowest BCUT2D eigenvalue weighted by Gasteiger charge is -2.21. The minimum absolute atomic E-state index is 0.0780. The molecule has 0 N–H and O–H groups in total. The number of aliphatic imine (C=N–C) groups is 1. The van der Waals surface area contributed by atoms with Gasteiger partial charge in [-0.3, -0.25) is 9.78 Å². The van der Waals surface area contributed by atoms with Crippen molar-refractivity contribution >= 4 is 22.1 Å². The number of nitrogens with zero attached hydrogens (tertiary/aromatic N) is 3. The first-order valence-electron chi connectivity index (χ1n) is 8.62. The highest BCUT2D eigenvalue weighted by Gasteiger charge is 2.26. The summed E-state index contributed by atoms with van der Waals surface area (Å²) in [5.41, 5.74) is 1.50. The molecule has 1 amide bonds. The predicted octanol–water partition coefficient (Wildman–Crippen LogP) is 2.92. The third kappa shape index (κ3) is 5.18. The first-order valence-corrected chi connectivity index (χ1v) is 10.1. The maximum atomic E-state index is 13.1. The number of hydrogen-bond acceptors (Lipinski definition) is 4. The third-order valence-corrected chi connectivity index (χ3v) is 5.76. The molecule has 1 heterocycles. The number of aromatic nitrogens is 1. The summed E-state index contributed by atoms with van der Waals surface area (Å²) in [7, 11) is -3.85. The molecule has 28 heavy (non-hydrogen) atoms. The van der Waals surface area contributed by atoms with Crippen LogP contribution in [0.2, 0.25) is 0 Å². The van der Waals surface area contributed by atoms with E-state index >= 15 is 0 Å². The zero-order chi connectivity index (χ0) is 19.8. The van der Waals surface area contributed by atoms with Crippen molar-refractivity contribution in [2.45, 2.75) is 11.4 Å². The summed E-state index contributed by atoms with van der Waals surface area (Å²) in [4.78, 5) is 20.3. The molecule has 1 aromatic heterocycles. The summed E-state index contributed by atoms with van der Waals surface area (Å²) >= 11 is 0. The highest BCUT2D eigenvalue weighted by atomic mass is 32.2. The molecule has 2 aromatic carbocycles. The first-order chi connectivity index (χ1) is 13.6. The Kier molecular flexibility index (Phi) is 6.41. The molecule has 3 aromatic rings. The lowest BCUT2D eigenvalue weighted by Crippen LogP contribution is -2.34. The lowest BCUT2D eigenvalue weighted by molar-refractivity contribution is -0.118. The summed E-state index contributed by atoms with van der Waals surface area (Å²) < 4.78 is 27.3. The molecule has 0 aliphatic heterocycles. The van der Waals surface area contributed by atoms with Crippen LogP contribution in [0.25, 0.3) is 0 Å². The second-order valence-electron chi connectivity index (χ2n) is 6.00. The fourth-order valence-corrected chi connectivity index (χ4v) is 3.94. The quantitative estimate of drug-likeness (QED) is 0.578. The maximum absolute atomic E-state index is 13.1. The Labute approximate surface area is 164 Å². The molecule has 0 saturated carbocycles. The van der Waals surface area contributed by atoms with Crippen LogP contribution in [-0.2, 0) is 21.4 Å². The molecule has 0 radical (unpaired) electrons. The van der Waals surface area contributed by atoms with Gasteiger partial charge in [0, 0.05) is 25.2 Å². The number of benzene rings is 2. The largest absolute Gasteiger partial charge is 0.271 e. The first kappa shape index (κ1) is 19.6. The standard InChI is InChI=1S/C21H19N3O3S/c25-21(23-15-18-11-13-22-14-12-18)17-24(16-19-7-3-1-4-8-19)28(26,27)20-9-5-2-6-10-20/h1-15H,16-17H2. The number of pyridine rings is 1. The van der Waals surface area contributed by atoms with E-state index in [2.05, 4.69) is 9.98 Å². The van der Waals surface area contributed by atoms with Gasteiger partial charge in [-0.15, -0.1) is 0 Å². The van der Waals surface area contributed by atoms with Gasteiger partial charge >= 0.3 is 0 Å². The molecule has 142 valence electrons. The van der Waals surface area contributed by atoms with Crippen LogP contribution in [-0.4, -0.2) is 36.4 Å². The van der Waals surface area contributed by atoms with E-state index < -0.39 is 15.9 Å². The van der Waals surface area contributed by atoms with Crippen LogP contribution in [0.1, 0.15) is 11.1 Å². The van der Waals surface area contributed by atoms with Crippen LogP contribution in [0.15, 0.2) is 95.1 Å². The van der Waals surface area contributed by atoms with E-state index in [0.29, 0.717) is 5.56 Å². The molecule has 0 atom stereocenters. The van der Waals surface area contributed by atoms with Crippen LogP contribution < -0.4 is 0 Å². The van der Waals surface area contributed by atoms with Gasteiger partial charge in [0.1, 0.15) is 0 Å². The molecule has 0 bridgehead atoms. The van der Waals surface area contributed by atoms with Crippen LogP contribution in [0.4, 0.5) is 0 Å². The fraction of sp³-hybridized carbons (Fsp3) is 0.0952. The van der Waals surface area contributed by atoms with Gasteiger partial charge in [-0.25, -0.2) is 13.4 Å². The van der Waals surface area contributed by atoms with Crippen molar-refractivity contribution < 1.29 is 13.2 Å². The minimum Gasteiger partial charge on any atom is -0.271 e. The van der Waals surface area contributed by atoms with E-state index in [4.69, 9.17) is 0 Å². The topological polar surface area (TPSA) is 79.7 Å². The maximum Gasteiger partial charge on any atom is 0.260 e. The Morgan fingerprint density at radius 1 is 0.929 bits per heavy atom. The van der Waals surface area contributed by atoms with Gasteiger partial charge in [-0.2, -0.15) is 4.31 Å². The van der Waals surface area contributed by atoms with Gasteiger partial charge in [-0.1, -0.05) is 48.5 Å². The molecule has 7 heteroatoms. The Balaban J connectivity index is 1.84. The molecule has 0 aliphatic carbocycles. The summed E-state index contributed by atoms with van der Waals surface area (Å²) in [5.74, 6) is -0.549. The zero-order valence-corrected chi connectivity index (χ0v) is 15.9. The van der Waals surface area contributed by atoms with Gasteiger partial charge in [0.05, 0.1) is 11.4 Å². The smallest absolute Gasteiger partial charge is 0.260 e. The predicted molar refractivity (Wildman–Crippen MR) is 107 cm³/mol. The molecule has 0 saturated heterocycles. The van der Waals surface area contributed by atoms with Crippen LogP contribution in [0.3, 0.4) is 0 Å². The van der Waals surface area contributed by atoms with Crippen molar-refractivity contribution in [3.8, 4) is 0 Å². The van der Waals surface area contributed by atoms with E-state index in [1.165, 1.54) is 18.3 Å². The second-order valence-corrected chi connectivity index (χ2v) is 7.94. The molecule has 6 nitrogen and oxygen atoms in total. The Bertz CT molecular complexity index is 1040. The number of hydrogen-bond donors (Lipinski definition) is 0. The summed E-state index contributed by atoms with van der Waals surface area (Å²) in [5, 5.41) is 0. The average molecular weight is 393 g/mol. The van der Waals surface area contributed by atoms with Crippen molar-refractivity contribution in [1.29, 1.82) is 0 Å². The molecular formula is C21H19N3O3S. The Morgan fingerprint density at radius 3 is 2.18 bits per heavy atom. The molecule has 3 rings (SSSR count). The normalized spacial score (nSPS) is 11.8. The molecule has 0 aliphatic rings. The number of carbonyl (C=O) groups is 1. The van der Waals surface area contributed by atoms with E-state index in [0.717, 1.165) is 9.87 Å². The molecule has 0 unspecified atom stereocenters. The van der Waals surface area contributed by atoms with Crippen LogP contribution >= 0.6 is 0 Å². The Hall–Kier alpha value is -3.16. The minimum atomic E-state index is -3.85. The highest BCUT2D eigenvalue weighted by molar-refractivity contribution is 7.89. The molecule has 0 spiro atoms. The zero-order valence-electron chi connectivity index (χ0n) is 15.0. The van der Waals surface area contributed by atoms with Crippen molar-refractivity contribution in [1.82, 2.24) is 9.29 Å². The van der Waals surface area contributed by atoms with Crippen LogP contribution in [0, 0.1) is 0 Å². The molecule has 0 fully saturated rings. The van der Waals surface area contributed by atoms with Crippen molar-refractivity contribution in [3.63, 3.8) is 0 Å². The van der Waals surface area contributed by atoms with Crippen molar-refractivity contribution in [2.24, 2.45) is 4.99 Å².